The van der Waals surface area contributed by atoms with Crippen molar-refractivity contribution in [2.45, 2.75) is 114 Å². The van der Waals surface area contributed by atoms with Crippen LogP contribution in [0.2, 0.25) is 0 Å². The van der Waals surface area contributed by atoms with Crippen molar-refractivity contribution in [1.29, 1.82) is 0 Å². The van der Waals surface area contributed by atoms with Crippen LogP contribution in [0.25, 0.3) is 0 Å². The molecule has 65 heavy (non-hydrogen) atoms. The minimum absolute atomic E-state index is 0.0455. The second-order valence-corrected chi connectivity index (χ2v) is 15.0. The molecular formula is C36H60N14O15. The van der Waals surface area contributed by atoms with Crippen LogP contribution in [0.5, 0.6) is 0 Å². The molecule has 8 amide bonds. The number of nitrogens with two attached hydrogens (primary N) is 4. The number of imidazole rings is 1. The lowest BCUT2D eigenvalue weighted by atomic mass is 10.0. The third kappa shape index (κ3) is 20.8. The zero-order chi connectivity index (χ0) is 49.6. The van der Waals surface area contributed by atoms with Gasteiger partial charge in [-0.1, -0.05) is 13.8 Å². The highest BCUT2D eigenvalue weighted by atomic mass is 16.4. The largest absolute Gasteiger partial charge is 0.481 e. The number of aromatic nitrogens is 2. The minimum Gasteiger partial charge on any atom is -0.481 e. The standard InChI is InChI=1S/C36H60N14O15/c1-15(2)7-19(29(58)49-24(13-52)33(62)50-27(16(3)53)34(63)47-22(35(64)65)8-17-11-41-14-43-17)44-30(59)20(9-25(38)54)45-31(60)21(10-26(55)56)46-32(61)23(12-51)48-28(57)18(37)5-4-6-42-36(39)40/h11,14-16,18-24,27,51-53H,4-10,12-13,37H2,1-3H3,(H2,38,54)(H,41,43)(H,44,59)(H,45,60)(H,46,61)(H,47,63)(H,48,57)(H,49,58)(H,50,62)(H,55,56)(H,64,65)(H4,39,40,42)/t16-,18+,19+,20+,21+,22+,23+,24+,27+/m1/s1. The predicted molar refractivity (Wildman–Crippen MR) is 223 cm³/mol. The first-order valence-electron chi connectivity index (χ1n) is 19.9. The van der Waals surface area contributed by atoms with Crippen LogP contribution in [0.3, 0.4) is 0 Å². The Hall–Kier alpha value is -6.98. The SMILES string of the molecule is CC(C)C[C@H](NC(=O)[C@H](CC(N)=O)NC(=O)[C@H](CC(=O)O)NC(=O)[C@H](CO)NC(=O)[C@@H](N)CCCN=C(N)N)C(=O)N[C@@H](CO)C(=O)N[C@H](C(=O)N[C@@H](Cc1cnc[nH]1)C(=O)O)[C@@H](C)O. The highest BCUT2D eigenvalue weighted by molar-refractivity contribution is 5.99. The maximum absolute atomic E-state index is 13.6. The summed E-state index contributed by atoms with van der Waals surface area (Å²) >= 11 is 0. The molecule has 1 rings (SSSR count). The number of H-pyrrole nitrogens is 1. The van der Waals surface area contributed by atoms with Crippen molar-refractivity contribution in [3.8, 4) is 0 Å². The van der Waals surface area contributed by atoms with Gasteiger partial charge in [0.05, 0.1) is 44.5 Å². The number of aliphatic hydroxyl groups excluding tert-OH is 3. The number of guanidine groups is 1. The molecule has 29 heteroatoms. The van der Waals surface area contributed by atoms with E-state index in [0.29, 0.717) is 5.69 Å². The van der Waals surface area contributed by atoms with Gasteiger partial charge in [0.15, 0.2) is 5.96 Å². The number of aliphatic hydroxyl groups is 3. The second kappa shape index (κ2) is 27.9. The molecule has 9 atom stereocenters. The van der Waals surface area contributed by atoms with Gasteiger partial charge in [-0.3, -0.25) is 48.1 Å². The molecule has 0 aromatic carbocycles. The fourth-order valence-electron chi connectivity index (χ4n) is 5.64. The molecule has 364 valence electrons. The number of carbonyl (C=O) groups excluding carboxylic acids is 8. The quantitative estimate of drug-likeness (QED) is 0.0193. The number of carbonyl (C=O) groups is 10. The van der Waals surface area contributed by atoms with E-state index in [0.717, 1.165) is 6.92 Å². The topological polar surface area (TPSA) is 501 Å². The summed E-state index contributed by atoms with van der Waals surface area (Å²) in [4.78, 5) is 138. The van der Waals surface area contributed by atoms with Gasteiger partial charge in [-0.2, -0.15) is 0 Å². The van der Waals surface area contributed by atoms with Crippen molar-refractivity contribution in [3.63, 3.8) is 0 Å². The summed E-state index contributed by atoms with van der Waals surface area (Å²) in [6, 6.07) is -13.6. The van der Waals surface area contributed by atoms with Crippen molar-refractivity contribution in [3.05, 3.63) is 18.2 Å². The minimum atomic E-state index is -2.00. The van der Waals surface area contributed by atoms with Crippen LogP contribution in [0.4, 0.5) is 0 Å². The van der Waals surface area contributed by atoms with Gasteiger partial charge in [0, 0.05) is 24.9 Å². The van der Waals surface area contributed by atoms with Crippen molar-refractivity contribution in [1.82, 2.24) is 47.2 Å². The van der Waals surface area contributed by atoms with E-state index in [2.05, 4.69) is 46.9 Å². The van der Waals surface area contributed by atoms with E-state index in [4.69, 9.17) is 22.9 Å². The molecule has 0 bridgehead atoms. The van der Waals surface area contributed by atoms with Gasteiger partial charge in [0.1, 0.15) is 42.3 Å². The zero-order valence-corrected chi connectivity index (χ0v) is 35.8. The lowest BCUT2D eigenvalue weighted by molar-refractivity contribution is -0.143. The lowest BCUT2D eigenvalue weighted by Gasteiger charge is -2.28. The van der Waals surface area contributed by atoms with Crippen LogP contribution in [-0.4, -0.2) is 175 Å². The van der Waals surface area contributed by atoms with Crippen LogP contribution in [-0.2, 0) is 54.4 Å². The van der Waals surface area contributed by atoms with E-state index in [-0.39, 0.29) is 44.1 Å². The Labute approximate surface area is 371 Å². The summed E-state index contributed by atoms with van der Waals surface area (Å²) in [7, 11) is 0. The molecular weight excluding hydrogens is 868 g/mol. The molecule has 1 aromatic rings. The molecule has 21 N–H and O–H groups in total. The monoisotopic (exact) mass is 928 g/mol. The van der Waals surface area contributed by atoms with Gasteiger partial charge in [0.25, 0.3) is 0 Å². The van der Waals surface area contributed by atoms with E-state index < -0.39 is 140 Å². The first-order chi connectivity index (χ1) is 30.4. The molecule has 1 heterocycles. The second-order valence-electron chi connectivity index (χ2n) is 15.0. The number of nitrogens with zero attached hydrogens (tertiary/aromatic N) is 2. The third-order valence-electron chi connectivity index (χ3n) is 8.98. The van der Waals surface area contributed by atoms with Crippen LogP contribution in [0.15, 0.2) is 17.5 Å². The average Bonchev–Trinajstić information content (AvgIpc) is 3.73. The van der Waals surface area contributed by atoms with Gasteiger partial charge in [0.2, 0.25) is 47.3 Å². The average molecular weight is 929 g/mol. The highest BCUT2D eigenvalue weighted by Crippen LogP contribution is 2.09. The van der Waals surface area contributed by atoms with Crippen molar-refractivity contribution in [2.24, 2.45) is 33.8 Å². The van der Waals surface area contributed by atoms with Crippen molar-refractivity contribution >= 4 is 65.2 Å². The number of amides is 8. The fourth-order valence-corrected chi connectivity index (χ4v) is 5.64. The Morgan fingerprint density at radius 2 is 1.15 bits per heavy atom. The number of carboxylic acid groups (broad SMARTS) is 2. The number of rotatable bonds is 30. The molecule has 0 unspecified atom stereocenters. The van der Waals surface area contributed by atoms with E-state index >= 15 is 0 Å². The van der Waals surface area contributed by atoms with Crippen LogP contribution in [0.1, 0.15) is 58.6 Å². The molecule has 0 saturated carbocycles. The number of hydrogen-bond donors (Lipinski definition) is 17. The lowest BCUT2D eigenvalue weighted by Crippen LogP contribution is -2.62. The van der Waals surface area contributed by atoms with E-state index in [1.165, 1.54) is 12.5 Å². The van der Waals surface area contributed by atoms with Gasteiger partial charge in [-0.05, 0) is 32.1 Å². The number of hydrogen-bond acceptors (Lipinski definition) is 16. The maximum Gasteiger partial charge on any atom is 0.326 e. The maximum atomic E-state index is 13.6. The Kier molecular flexibility index (Phi) is 24.1. The van der Waals surface area contributed by atoms with E-state index in [9.17, 15) is 73.5 Å². The smallest absolute Gasteiger partial charge is 0.326 e. The zero-order valence-electron chi connectivity index (χ0n) is 35.8. The molecule has 0 spiro atoms. The number of aliphatic imine (C=N–C) groups is 1. The van der Waals surface area contributed by atoms with Crippen LogP contribution < -0.4 is 60.2 Å². The van der Waals surface area contributed by atoms with Gasteiger partial charge in [-0.25, -0.2) is 9.78 Å². The summed E-state index contributed by atoms with van der Waals surface area (Å²) in [5, 5.41) is 64.3. The van der Waals surface area contributed by atoms with Crippen LogP contribution in [0, 0.1) is 5.92 Å². The van der Waals surface area contributed by atoms with Crippen molar-refractivity contribution in [2.75, 3.05) is 19.8 Å². The predicted octanol–water partition coefficient (Wildman–Crippen LogP) is -8.43. The van der Waals surface area contributed by atoms with Gasteiger partial charge in [-0.15, -0.1) is 0 Å². The Balaban J connectivity index is 3.19. The highest BCUT2D eigenvalue weighted by Gasteiger charge is 2.36. The molecule has 0 fully saturated rings. The summed E-state index contributed by atoms with van der Waals surface area (Å²) in [6.45, 7) is 2.33. The molecule has 0 aliphatic rings. The number of primary amides is 1. The number of carboxylic acids is 2. The third-order valence-corrected chi connectivity index (χ3v) is 8.98. The van der Waals surface area contributed by atoms with E-state index in [1.54, 1.807) is 13.8 Å². The summed E-state index contributed by atoms with van der Waals surface area (Å²) in [6.07, 6.45) is -1.23. The number of nitrogens with one attached hydrogen (secondary N) is 8. The Morgan fingerprint density at radius 1 is 0.677 bits per heavy atom. The summed E-state index contributed by atoms with van der Waals surface area (Å²) in [5.74, 6) is -13.1. The number of aromatic amines is 1. The Bertz CT molecular complexity index is 1840. The molecule has 0 saturated heterocycles. The molecule has 29 nitrogen and oxygen atoms in total. The normalized spacial score (nSPS) is 15.1. The fraction of sp³-hybridized carbons (Fsp3) is 0.611. The van der Waals surface area contributed by atoms with Gasteiger partial charge < -0.3 is 90.7 Å². The summed E-state index contributed by atoms with van der Waals surface area (Å²) in [5.41, 5.74) is 22.0. The van der Waals surface area contributed by atoms with Crippen LogP contribution >= 0.6 is 0 Å². The Morgan fingerprint density at radius 3 is 1.62 bits per heavy atom. The molecule has 0 aliphatic carbocycles. The summed E-state index contributed by atoms with van der Waals surface area (Å²) < 4.78 is 0. The van der Waals surface area contributed by atoms with Gasteiger partial charge >= 0.3 is 11.9 Å². The molecule has 0 radical (unpaired) electrons. The van der Waals surface area contributed by atoms with Crippen molar-refractivity contribution < 1.29 is 73.5 Å². The molecule has 1 aromatic heterocycles. The first-order valence-corrected chi connectivity index (χ1v) is 19.9. The number of aliphatic carboxylic acids is 2. The van der Waals surface area contributed by atoms with E-state index in [1.807, 2.05) is 5.32 Å². The first kappa shape index (κ1) is 56.0. The molecule has 0 aliphatic heterocycles.